The smallest absolute Gasteiger partial charge is 0.508 e. The standard InChI is InChI=1S/C11H14F3NO4S/c1-10(2,3)15-20(17,18)9-5-4-7(16)6-8(9)19-11(12,13)14/h4-6,15-16H,1-3H3. The molecule has 0 unspecified atom stereocenters. The van der Waals surface area contributed by atoms with E-state index in [1.54, 1.807) is 0 Å². The van der Waals surface area contributed by atoms with E-state index in [9.17, 15) is 26.7 Å². The summed E-state index contributed by atoms with van der Waals surface area (Å²) < 4.78 is 66.7. The summed E-state index contributed by atoms with van der Waals surface area (Å²) in [7, 11) is -4.22. The van der Waals surface area contributed by atoms with E-state index in [4.69, 9.17) is 0 Å². The summed E-state index contributed by atoms with van der Waals surface area (Å²) in [5.41, 5.74) is -0.883. The van der Waals surface area contributed by atoms with Crippen molar-refractivity contribution in [3.63, 3.8) is 0 Å². The van der Waals surface area contributed by atoms with Crippen LogP contribution in [0, 0.1) is 0 Å². The van der Waals surface area contributed by atoms with E-state index < -0.39 is 38.3 Å². The molecular formula is C11H14F3NO4S. The number of nitrogens with one attached hydrogen (secondary N) is 1. The number of benzene rings is 1. The van der Waals surface area contributed by atoms with E-state index in [0.29, 0.717) is 6.07 Å². The highest BCUT2D eigenvalue weighted by atomic mass is 32.2. The van der Waals surface area contributed by atoms with E-state index >= 15 is 0 Å². The highest BCUT2D eigenvalue weighted by Gasteiger charge is 2.35. The molecule has 9 heteroatoms. The SMILES string of the molecule is CC(C)(C)NS(=O)(=O)c1ccc(O)cc1OC(F)(F)F. The predicted octanol–water partition coefficient (Wildman–Crippen LogP) is 2.37. The molecular weight excluding hydrogens is 299 g/mol. The Morgan fingerprint density at radius 1 is 1.20 bits per heavy atom. The molecule has 0 amide bonds. The minimum atomic E-state index is -5.07. The van der Waals surface area contributed by atoms with Crippen LogP contribution in [-0.2, 0) is 10.0 Å². The lowest BCUT2D eigenvalue weighted by molar-refractivity contribution is -0.275. The molecule has 0 saturated carbocycles. The molecule has 0 fully saturated rings. The van der Waals surface area contributed by atoms with Crippen LogP contribution in [0.15, 0.2) is 23.1 Å². The van der Waals surface area contributed by atoms with Crippen molar-refractivity contribution < 1.29 is 31.4 Å². The number of rotatable bonds is 3. The van der Waals surface area contributed by atoms with E-state index in [2.05, 4.69) is 9.46 Å². The summed E-state index contributed by atoms with van der Waals surface area (Å²) in [6, 6.07) is 2.38. The average molecular weight is 313 g/mol. The first-order valence-electron chi connectivity index (χ1n) is 5.43. The molecule has 0 aromatic heterocycles. The van der Waals surface area contributed by atoms with Crippen molar-refractivity contribution in [3.05, 3.63) is 18.2 Å². The zero-order valence-electron chi connectivity index (χ0n) is 10.9. The third kappa shape index (κ3) is 4.89. The molecule has 0 saturated heterocycles. The fraction of sp³-hybridized carbons (Fsp3) is 0.455. The van der Waals surface area contributed by atoms with E-state index in [1.165, 1.54) is 20.8 Å². The zero-order chi connectivity index (χ0) is 15.8. The van der Waals surface area contributed by atoms with Gasteiger partial charge in [0.15, 0.2) is 5.75 Å². The van der Waals surface area contributed by atoms with E-state index in [1.807, 2.05) is 0 Å². The van der Waals surface area contributed by atoms with E-state index in [0.717, 1.165) is 12.1 Å². The largest absolute Gasteiger partial charge is 0.573 e. The Morgan fingerprint density at radius 2 is 1.75 bits per heavy atom. The molecule has 1 aromatic carbocycles. The number of hydrogen-bond acceptors (Lipinski definition) is 4. The minimum Gasteiger partial charge on any atom is -0.508 e. The van der Waals surface area contributed by atoms with Crippen molar-refractivity contribution in [1.29, 1.82) is 0 Å². The number of sulfonamides is 1. The molecule has 0 atom stereocenters. The van der Waals surface area contributed by atoms with Crippen molar-refractivity contribution in [3.8, 4) is 11.5 Å². The molecule has 0 aliphatic heterocycles. The van der Waals surface area contributed by atoms with Gasteiger partial charge in [-0.25, -0.2) is 13.1 Å². The molecule has 0 aliphatic carbocycles. The van der Waals surface area contributed by atoms with Crippen molar-refractivity contribution in [1.82, 2.24) is 4.72 Å². The van der Waals surface area contributed by atoms with Crippen LogP contribution in [0.25, 0.3) is 0 Å². The van der Waals surface area contributed by atoms with Gasteiger partial charge in [-0.15, -0.1) is 13.2 Å². The van der Waals surface area contributed by atoms with Crippen LogP contribution in [-0.4, -0.2) is 25.4 Å². The summed E-state index contributed by atoms with van der Waals surface area (Å²) in [6.45, 7) is 4.61. The van der Waals surface area contributed by atoms with E-state index in [-0.39, 0.29) is 0 Å². The van der Waals surface area contributed by atoms with Crippen LogP contribution in [0.5, 0.6) is 11.5 Å². The second kappa shape index (κ2) is 5.13. The maximum absolute atomic E-state index is 12.3. The Bertz CT molecular complexity index is 591. The van der Waals surface area contributed by atoms with Gasteiger partial charge < -0.3 is 9.84 Å². The van der Waals surface area contributed by atoms with Crippen LogP contribution in [0.1, 0.15) is 20.8 Å². The Hall–Kier alpha value is -1.48. The summed E-state index contributed by atoms with van der Waals surface area (Å²) in [5, 5.41) is 9.17. The molecule has 0 radical (unpaired) electrons. The molecule has 5 nitrogen and oxygen atoms in total. The number of halogens is 3. The first-order valence-corrected chi connectivity index (χ1v) is 6.91. The molecule has 20 heavy (non-hydrogen) atoms. The van der Waals surface area contributed by atoms with Gasteiger partial charge in [-0.2, -0.15) is 0 Å². The molecule has 0 spiro atoms. The van der Waals surface area contributed by atoms with Gasteiger partial charge in [-0.1, -0.05) is 0 Å². The molecule has 1 aromatic rings. The number of ether oxygens (including phenoxy) is 1. The molecule has 114 valence electrons. The van der Waals surface area contributed by atoms with Crippen molar-refractivity contribution in [2.24, 2.45) is 0 Å². The highest BCUT2D eigenvalue weighted by Crippen LogP contribution is 2.32. The number of aromatic hydroxyl groups is 1. The predicted molar refractivity (Wildman–Crippen MR) is 64.9 cm³/mol. The number of hydrogen-bond donors (Lipinski definition) is 2. The van der Waals surface area contributed by atoms with Crippen LogP contribution < -0.4 is 9.46 Å². The Kier molecular flexibility index (Phi) is 4.25. The summed E-state index contributed by atoms with van der Waals surface area (Å²) in [4.78, 5) is -0.706. The Morgan fingerprint density at radius 3 is 2.20 bits per heavy atom. The normalized spacial score (nSPS) is 13.3. The highest BCUT2D eigenvalue weighted by molar-refractivity contribution is 7.89. The molecule has 0 bridgehead atoms. The second-order valence-electron chi connectivity index (χ2n) is 5.03. The molecule has 1 rings (SSSR count). The van der Waals surface area contributed by atoms with Gasteiger partial charge in [-0.3, -0.25) is 0 Å². The number of phenols is 1. The van der Waals surface area contributed by atoms with Gasteiger partial charge in [0.05, 0.1) is 0 Å². The second-order valence-corrected chi connectivity index (χ2v) is 6.69. The summed E-state index contributed by atoms with van der Waals surface area (Å²) in [6.07, 6.45) is -5.07. The topological polar surface area (TPSA) is 75.6 Å². The van der Waals surface area contributed by atoms with Gasteiger partial charge in [0.25, 0.3) is 0 Å². The minimum absolute atomic E-state index is 0.543. The quantitative estimate of drug-likeness (QED) is 0.898. The maximum atomic E-state index is 12.3. The zero-order valence-corrected chi connectivity index (χ0v) is 11.8. The van der Waals surface area contributed by atoms with Crippen LogP contribution in [0.3, 0.4) is 0 Å². The molecule has 0 heterocycles. The number of phenolic OH excluding ortho intramolecular Hbond substituents is 1. The maximum Gasteiger partial charge on any atom is 0.573 e. The van der Waals surface area contributed by atoms with Gasteiger partial charge in [0, 0.05) is 11.6 Å². The lowest BCUT2D eigenvalue weighted by Crippen LogP contribution is -2.40. The van der Waals surface area contributed by atoms with Crippen molar-refractivity contribution in [2.45, 2.75) is 37.6 Å². The van der Waals surface area contributed by atoms with Gasteiger partial charge in [0.2, 0.25) is 10.0 Å². The first-order chi connectivity index (χ1) is 8.80. The fourth-order valence-electron chi connectivity index (χ4n) is 1.38. The lowest BCUT2D eigenvalue weighted by Gasteiger charge is -2.21. The monoisotopic (exact) mass is 313 g/mol. The summed E-state index contributed by atoms with van der Waals surface area (Å²) in [5.74, 6) is -1.53. The van der Waals surface area contributed by atoms with Crippen LogP contribution in [0.2, 0.25) is 0 Å². The van der Waals surface area contributed by atoms with Crippen LogP contribution >= 0.6 is 0 Å². The van der Waals surface area contributed by atoms with Crippen molar-refractivity contribution >= 4 is 10.0 Å². The van der Waals surface area contributed by atoms with Gasteiger partial charge in [0.1, 0.15) is 10.6 Å². The van der Waals surface area contributed by atoms with Crippen molar-refractivity contribution in [2.75, 3.05) is 0 Å². The number of alkyl halides is 3. The van der Waals surface area contributed by atoms with Gasteiger partial charge in [-0.05, 0) is 32.9 Å². The Labute approximate surface area is 114 Å². The average Bonchev–Trinajstić information content (AvgIpc) is 2.09. The first kappa shape index (κ1) is 16.6. The Balaban J connectivity index is 3.31. The fourth-order valence-corrected chi connectivity index (χ4v) is 2.91. The third-order valence-electron chi connectivity index (χ3n) is 1.88. The third-order valence-corrected chi connectivity index (χ3v) is 3.68. The summed E-state index contributed by atoms with van der Waals surface area (Å²) >= 11 is 0. The molecule has 0 aliphatic rings. The van der Waals surface area contributed by atoms with Crippen LogP contribution in [0.4, 0.5) is 13.2 Å². The van der Waals surface area contributed by atoms with Gasteiger partial charge >= 0.3 is 6.36 Å². The molecule has 2 N–H and O–H groups in total. The lowest BCUT2D eigenvalue weighted by atomic mass is 10.1.